The van der Waals surface area contributed by atoms with Gasteiger partial charge in [0.15, 0.2) is 0 Å². The van der Waals surface area contributed by atoms with Gasteiger partial charge in [0, 0.05) is 12.1 Å². The molecule has 1 amide bonds. The van der Waals surface area contributed by atoms with Gasteiger partial charge < -0.3 is 15.8 Å². The summed E-state index contributed by atoms with van der Waals surface area (Å²) in [5.41, 5.74) is 6.89. The molecule has 0 aliphatic carbocycles. The van der Waals surface area contributed by atoms with Gasteiger partial charge in [-0.05, 0) is 5.56 Å². The monoisotopic (exact) mass is 233 g/mol. The molecule has 4 N–H and O–H groups in total. The Bertz CT molecular complexity index is 412. The van der Waals surface area contributed by atoms with Crippen molar-refractivity contribution in [3.63, 3.8) is 0 Å². The van der Waals surface area contributed by atoms with E-state index in [9.17, 15) is 4.79 Å². The van der Waals surface area contributed by atoms with Crippen molar-refractivity contribution in [2.45, 2.75) is 6.54 Å². The predicted octanol–water partition coefficient (Wildman–Crippen LogP) is 1.38. The van der Waals surface area contributed by atoms with E-state index >= 15 is 0 Å². The Kier molecular flexibility index (Phi) is 4.75. The maximum atomic E-state index is 11.1. The molecule has 90 valence electrons. The van der Waals surface area contributed by atoms with E-state index in [0.29, 0.717) is 12.1 Å². The largest absolute Gasteiger partial charge is 0.445 e. The third-order valence-corrected chi connectivity index (χ3v) is 2.03. The number of rotatable bonds is 5. The minimum absolute atomic E-state index is 0.0231. The zero-order valence-corrected chi connectivity index (χ0v) is 9.40. The Morgan fingerprint density at radius 2 is 2.12 bits per heavy atom. The molecule has 17 heavy (non-hydrogen) atoms. The Morgan fingerprint density at radius 1 is 1.47 bits per heavy atom. The second-order valence-corrected chi connectivity index (χ2v) is 3.35. The van der Waals surface area contributed by atoms with Crippen LogP contribution in [0.5, 0.6) is 0 Å². The predicted molar refractivity (Wildman–Crippen MR) is 65.8 cm³/mol. The van der Waals surface area contributed by atoms with Crippen molar-refractivity contribution in [3.05, 3.63) is 48.0 Å². The lowest BCUT2D eigenvalue weighted by molar-refractivity contribution is 0.158. The molecule has 0 unspecified atom stereocenters. The molecule has 0 fully saturated rings. The number of amidine groups is 1. The lowest BCUT2D eigenvalue weighted by Crippen LogP contribution is -2.23. The highest BCUT2D eigenvalue weighted by molar-refractivity contribution is 5.94. The SMILES string of the molecule is C=CCOC(=O)NCc1ccc(C(=N)N)cc1. The molecule has 0 spiro atoms. The number of nitrogens with two attached hydrogens (primary N) is 1. The van der Waals surface area contributed by atoms with Gasteiger partial charge in [-0.3, -0.25) is 5.41 Å². The second-order valence-electron chi connectivity index (χ2n) is 3.35. The van der Waals surface area contributed by atoms with Crippen LogP contribution in [0.1, 0.15) is 11.1 Å². The van der Waals surface area contributed by atoms with E-state index < -0.39 is 6.09 Å². The average molecular weight is 233 g/mol. The number of ether oxygens (including phenoxy) is 1. The maximum Gasteiger partial charge on any atom is 0.407 e. The van der Waals surface area contributed by atoms with E-state index in [-0.39, 0.29) is 12.4 Å². The van der Waals surface area contributed by atoms with Crippen molar-refractivity contribution in [1.82, 2.24) is 5.32 Å². The molecule has 0 bridgehead atoms. The van der Waals surface area contributed by atoms with E-state index in [1.54, 1.807) is 24.3 Å². The molecule has 0 aliphatic heterocycles. The average Bonchev–Trinajstić information content (AvgIpc) is 2.34. The Hall–Kier alpha value is -2.30. The van der Waals surface area contributed by atoms with E-state index in [1.807, 2.05) is 0 Å². The van der Waals surface area contributed by atoms with Crippen molar-refractivity contribution in [2.24, 2.45) is 5.73 Å². The Labute approximate surface area is 99.8 Å². The number of carbonyl (C=O) groups is 1. The number of hydrogen-bond donors (Lipinski definition) is 3. The number of nitrogen functional groups attached to an aromatic ring is 1. The standard InChI is InChI=1S/C12H15N3O2/c1-2-7-17-12(16)15-8-9-3-5-10(6-4-9)11(13)14/h2-6H,1,7-8H2,(H3,13,14)(H,15,16). The summed E-state index contributed by atoms with van der Waals surface area (Å²) in [5, 5.41) is 9.82. The Balaban J connectivity index is 2.44. The first-order valence-electron chi connectivity index (χ1n) is 5.08. The molecular formula is C12H15N3O2. The van der Waals surface area contributed by atoms with E-state index in [4.69, 9.17) is 15.9 Å². The van der Waals surface area contributed by atoms with Crippen LogP contribution in [0.4, 0.5) is 4.79 Å². The first-order chi connectivity index (χ1) is 8.13. The molecule has 5 nitrogen and oxygen atoms in total. The minimum Gasteiger partial charge on any atom is -0.445 e. The van der Waals surface area contributed by atoms with E-state index in [0.717, 1.165) is 5.56 Å². The number of nitrogens with one attached hydrogen (secondary N) is 2. The van der Waals surface area contributed by atoms with Gasteiger partial charge in [0.1, 0.15) is 12.4 Å². The first kappa shape index (κ1) is 12.8. The van der Waals surface area contributed by atoms with Gasteiger partial charge in [-0.2, -0.15) is 0 Å². The molecule has 0 saturated heterocycles. The maximum absolute atomic E-state index is 11.1. The summed E-state index contributed by atoms with van der Waals surface area (Å²) in [7, 11) is 0. The van der Waals surface area contributed by atoms with Crippen LogP contribution in [-0.2, 0) is 11.3 Å². The number of amides is 1. The molecule has 5 heteroatoms. The number of carbonyl (C=O) groups excluding carboxylic acids is 1. The van der Waals surface area contributed by atoms with Crippen LogP contribution in [0.15, 0.2) is 36.9 Å². The normalized spacial score (nSPS) is 9.41. The lowest BCUT2D eigenvalue weighted by atomic mass is 10.1. The molecule has 0 atom stereocenters. The third kappa shape index (κ3) is 4.38. The highest BCUT2D eigenvalue weighted by atomic mass is 16.5. The molecule has 0 saturated carbocycles. The van der Waals surface area contributed by atoms with Gasteiger partial charge in [-0.15, -0.1) is 0 Å². The summed E-state index contributed by atoms with van der Waals surface area (Å²) in [5.74, 6) is 0.0231. The van der Waals surface area contributed by atoms with Crippen LogP contribution in [0, 0.1) is 5.41 Å². The molecule has 1 rings (SSSR count). The van der Waals surface area contributed by atoms with Gasteiger partial charge in [0.25, 0.3) is 0 Å². The van der Waals surface area contributed by atoms with Crippen LogP contribution >= 0.6 is 0 Å². The van der Waals surface area contributed by atoms with Gasteiger partial charge in [-0.1, -0.05) is 36.9 Å². The molecule has 0 aromatic heterocycles. The summed E-state index contributed by atoms with van der Waals surface area (Å²) in [6.07, 6.45) is 1.02. The highest BCUT2D eigenvalue weighted by Crippen LogP contribution is 2.03. The fourth-order valence-corrected chi connectivity index (χ4v) is 1.16. The van der Waals surface area contributed by atoms with Crippen molar-refractivity contribution in [1.29, 1.82) is 5.41 Å². The quantitative estimate of drug-likeness (QED) is 0.408. The van der Waals surface area contributed by atoms with Crippen LogP contribution in [-0.4, -0.2) is 18.5 Å². The second kappa shape index (κ2) is 6.32. The van der Waals surface area contributed by atoms with Crippen molar-refractivity contribution in [2.75, 3.05) is 6.61 Å². The fourth-order valence-electron chi connectivity index (χ4n) is 1.16. The zero-order valence-electron chi connectivity index (χ0n) is 9.40. The van der Waals surface area contributed by atoms with Gasteiger partial charge in [0.05, 0.1) is 0 Å². The summed E-state index contributed by atoms with van der Waals surface area (Å²) >= 11 is 0. The number of alkyl carbamates (subject to hydrolysis) is 1. The van der Waals surface area contributed by atoms with Crippen molar-refractivity contribution in [3.8, 4) is 0 Å². The van der Waals surface area contributed by atoms with Crippen molar-refractivity contribution >= 4 is 11.9 Å². The number of hydrogen-bond acceptors (Lipinski definition) is 3. The minimum atomic E-state index is -0.486. The van der Waals surface area contributed by atoms with Gasteiger partial charge in [-0.25, -0.2) is 4.79 Å². The Morgan fingerprint density at radius 3 is 2.65 bits per heavy atom. The summed E-state index contributed by atoms with van der Waals surface area (Å²) in [6, 6.07) is 7.05. The van der Waals surface area contributed by atoms with Gasteiger partial charge in [0.2, 0.25) is 0 Å². The molecular weight excluding hydrogens is 218 g/mol. The van der Waals surface area contributed by atoms with E-state index in [1.165, 1.54) is 6.08 Å². The molecule has 0 heterocycles. The third-order valence-electron chi connectivity index (χ3n) is 2.03. The smallest absolute Gasteiger partial charge is 0.407 e. The molecule has 1 aromatic carbocycles. The van der Waals surface area contributed by atoms with Crippen LogP contribution in [0.2, 0.25) is 0 Å². The van der Waals surface area contributed by atoms with Gasteiger partial charge >= 0.3 is 6.09 Å². The lowest BCUT2D eigenvalue weighted by Gasteiger charge is -2.06. The summed E-state index contributed by atoms with van der Waals surface area (Å²) in [4.78, 5) is 11.1. The molecule has 0 aliphatic rings. The molecule has 1 aromatic rings. The molecule has 0 radical (unpaired) electrons. The van der Waals surface area contributed by atoms with Crippen molar-refractivity contribution < 1.29 is 9.53 Å². The highest BCUT2D eigenvalue weighted by Gasteiger charge is 2.01. The van der Waals surface area contributed by atoms with E-state index in [2.05, 4.69) is 11.9 Å². The number of benzene rings is 1. The summed E-state index contributed by atoms with van der Waals surface area (Å²) in [6.45, 7) is 4.00. The van der Waals surface area contributed by atoms with Crippen LogP contribution in [0.25, 0.3) is 0 Å². The topological polar surface area (TPSA) is 88.2 Å². The summed E-state index contributed by atoms with van der Waals surface area (Å²) < 4.78 is 4.75. The zero-order chi connectivity index (χ0) is 12.7. The van der Waals surface area contributed by atoms with Crippen LogP contribution in [0.3, 0.4) is 0 Å². The van der Waals surface area contributed by atoms with Crippen LogP contribution < -0.4 is 11.1 Å². The first-order valence-corrected chi connectivity index (χ1v) is 5.08. The fraction of sp³-hybridized carbons (Fsp3) is 0.167.